The van der Waals surface area contributed by atoms with E-state index in [4.69, 9.17) is 13.9 Å². The van der Waals surface area contributed by atoms with Gasteiger partial charge in [-0.25, -0.2) is 4.79 Å². The Hall–Kier alpha value is -3.29. The van der Waals surface area contributed by atoms with Crippen molar-refractivity contribution in [3.63, 3.8) is 0 Å². The molecule has 0 saturated heterocycles. The highest BCUT2D eigenvalue weighted by molar-refractivity contribution is 5.86. The van der Waals surface area contributed by atoms with E-state index in [0.29, 0.717) is 22.8 Å². The van der Waals surface area contributed by atoms with E-state index >= 15 is 0 Å². The van der Waals surface area contributed by atoms with Gasteiger partial charge in [0.15, 0.2) is 11.5 Å². The van der Waals surface area contributed by atoms with Crippen LogP contribution in [0.15, 0.2) is 40.9 Å². The molecule has 0 unspecified atom stereocenters. The first-order valence-electron chi connectivity index (χ1n) is 6.83. The van der Waals surface area contributed by atoms with E-state index in [1.54, 1.807) is 24.3 Å². The van der Waals surface area contributed by atoms with Gasteiger partial charge in [-0.3, -0.25) is 10.1 Å². The van der Waals surface area contributed by atoms with Crippen LogP contribution in [0.3, 0.4) is 0 Å². The number of hydrogen-bond acceptors (Lipinski definition) is 7. The fraction of sp³-hybridized carbons (Fsp3) is 0.188. The summed E-state index contributed by atoms with van der Waals surface area (Å²) < 4.78 is 20.6. The zero-order valence-corrected chi connectivity index (χ0v) is 13.1. The van der Waals surface area contributed by atoms with Crippen molar-refractivity contribution in [2.75, 3.05) is 14.2 Å². The summed E-state index contributed by atoms with van der Waals surface area (Å²) in [6, 6.07) is 7.99. The lowest BCUT2D eigenvalue weighted by atomic mass is 10.2. The summed E-state index contributed by atoms with van der Waals surface area (Å²) >= 11 is 0. The summed E-state index contributed by atoms with van der Waals surface area (Å²) in [7, 11) is 2.73. The molecule has 1 heterocycles. The molecule has 0 bridgehead atoms. The van der Waals surface area contributed by atoms with E-state index in [-0.39, 0.29) is 12.4 Å². The first kappa shape index (κ1) is 17.1. The van der Waals surface area contributed by atoms with Gasteiger partial charge in [-0.1, -0.05) is 6.07 Å². The number of furan rings is 1. The predicted molar refractivity (Wildman–Crippen MR) is 83.4 cm³/mol. The van der Waals surface area contributed by atoms with Crippen molar-refractivity contribution in [1.82, 2.24) is 0 Å². The minimum absolute atomic E-state index is 0.0808. The molecule has 0 amide bonds. The van der Waals surface area contributed by atoms with E-state index in [1.165, 1.54) is 26.4 Å². The van der Waals surface area contributed by atoms with Gasteiger partial charge < -0.3 is 18.6 Å². The number of benzene rings is 1. The molecule has 0 fully saturated rings. The molecule has 0 aliphatic rings. The quantitative estimate of drug-likeness (QED) is 0.436. The Morgan fingerprint density at radius 1 is 1.25 bits per heavy atom. The van der Waals surface area contributed by atoms with E-state index < -0.39 is 10.9 Å². The zero-order chi connectivity index (χ0) is 17.5. The maximum absolute atomic E-state index is 11.3. The molecule has 0 N–H and O–H groups in total. The average molecular weight is 333 g/mol. The molecule has 8 heteroatoms. The van der Waals surface area contributed by atoms with Crippen molar-refractivity contribution in [2.45, 2.75) is 6.61 Å². The Morgan fingerprint density at radius 3 is 2.71 bits per heavy atom. The van der Waals surface area contributed by atoms with Crippen molar-refractivity contribution < 1.29 is 28.3 Å². The second kappa shape index (κ2) is 7.82. The third-order valence-corrected chi connectivity index (χ3v) is 2.99. The van der Waals surface area contributed by atoms with E-state index in [2.05, 4.69) is 4.74 Å². The first-order chi connectivity index (χ1) is 11.5. The Kier molecular flexibility index (Phi) is 5.56. The number of nitrogens with zero attached hydrogens (tertiary/aromatic N) is 1. The van der Waals surface area contributed by atoms with Crippen LogP contribution >= 0.6 is 0 Å². The second-order valence-electron chi connectivity index (χ2n) is 4.56. The topological polar surface area (TPSA) is 101 Å². The van der Waals surface area contributed by atoms with Gasteiger partial charge in [0.25, 0.3) is 0 Å². The zero-order valence-electron chi connectivity index (χ0n) is 13.1. The largest absolute Gasteiger partial charge is 0.493 e. The number of esters is 1. The Morgan fingerprint density at radius 2 is 2.04 bits per heavy atom. The predicted octanol–water partition coefficient (Wildman–Crippen LogP) is 2.90. The number of nitro groups is 1. The van der Waals surface area contributed by atoms with Crippen LogP contribution in [0.1, 0.15) is 21.9 Å². The van der Waals surface area contributed by atoms with E-state index in [9.17, 15) is 14.9 Å². The third kappa shape index (κ3) is 4.35. The van der Waals surface area contributed by atoms with Crippen LogP contribution in [0.5, 0.6) is 11.5 Å². The molecule has 8 nitrogen and oxygen atoms in total. The lowest BCUT2D eigenvalue weighted by molar-refractivity contribution is -0.400. The van der Waals surface area contributed by atoms with E-state index in [0.717, 1.165) is 6.20 Å². The molecular weight excluding hydrogens is 318 g/mol. The smallest absolute Gasteiger partial charge is 0.373 e. The van der Waals surface area contributed by atoms with Crippen molar-refractivity contribution in [3.05, 3.63) is 63.7 Å². The molecule has 126 valence electrons. The lowest BCUT2D eigenvalue weighted by Crippen LogP contribution is -1.99. The van der Waals surface area contributed by atoms with Crippen molar-refractivity contribution in [2.24, 2.45) is 0 Å². The van der Waals surface area contributed by atoms with Crippen LogP contribution in [0.4, 0.5) is 0 Å². The van der Waals surface area contributed by atoms with Crippen molar-refractivity contribution in [3.8, 4) is 11.5 Å². The second-order valence-corrected chi connectivity index (χ2v) is 4.56. The van der Waals surface area contributed by atoms with Gasteiger partial charge in [-0.05, 0) is 29.8 Å². The SMILES string of the molecule is COC(=O)c1ccc(COc2ccc(/C=C/[N+](=O)[O-])cc2OC)o1. The van der Waals surface area contributed by atoms with E-state index in [1.807, 2.05) is 0 Å². The molecule has 0 spiro atoms. The van der Waals surface area contributed by atoms with Crippen molar-refractivity contribution in [1.29, 1.82) is 0 Å². The lowest BCUT2D eigenvalue weighted by Gasteiger charge is -2.10. The summed E-state index contributed by atoms with van der Waals surface area (Å²) in [6.07, 6.45) is 2.19. The first-order valence-corrected chi connectivity index (χ1v) is 6.83. The summed E-state index contributed by atoms with van der Waals surface area (Å²) in [6.45, 7) is 0.0808. The number of hydrogen-bond donors (Lipinski definition) is 0. The molecular formula is C16H15NO7. The number of carbonyl (C=O) groups excluding carboxylic acids is 1. The molecule has 24 heavy (non-hydrogen) atoms. The van der Waals surface area contributed by atoms with Crippen LogP contribution in [0.25, 0.3) is 6.08 Å². The summed E-state index contributed by atoms with van der Waals surface area (Å²) in [5.74, 6) is 0.811. The van der Waals surface area contributed by atoms with Crippen LogP contribution < -0.4 is 9.47 Å². The highest BCUT2D eigenvalue weighted by Gasteiger charge is 2.12. The number of methoxy groups -OCH3 is 2. The Labute approximate surface area is 137 Å². The average Bonchev–Trinajstić information content (AvgIpc) is 3.06. The fourth-order valence-electron chi connectivity index (χ4n) is 1.87. The monoisotopic (exact) mass is 333 g/mol. The van der Waals surface area contributed by atoms with Crippen LogP contribution in [0.2, 0.25) is 0 Å². The summed E-state index contributed by atoms with van der Waals surface area (Å²) in [4.78, 5) is 21.1. The highest BCUT2D eigenvalue weighted by Crippen LogP contribution is 2.29. The molecule has 0 saturated carbocycles. The van der Waals surface area contributed by atoms with Crippen LogP contribution in [0, 0.1) is 10.1 Å². The summed E-state index contributed by atoms with van der Waals surface area (Å²) in [5, 5.41) is 10.3. The molecule has 0 radical (unpaired) electrons. The number of carbonyl (C=O) groups is 1. The Balaban J connectivity index is 2.08. The highest BCUT2D eigenvalue weighted by atomic mass is 16.6. The van der Waals surface area contributed by atoms with Crippen molar-refractivity contribution >= 4 is 12.0 Å². The summed E-state index contributed by atoms with van der Waals surface area (Å²) in [5.41, 5.74) is 0.599. The normalized spacial score (nSPS) is 10.6. The molecule has 1 aromatic carbocycles. The Bertz CT molecular complexity index is 764. The van der Waals surface area contributed by atoms with Gasteiger partial charge in [0.1, 0.15) is 12.4 Å². The molecule has 0 aliphatic carbocycles. The molecule has 2 rings (SSSR count). The van der Waals surface area contributed by atoms with Gasteiger partial charge in [0.05, 0.1) is 19.1 Å². The molecule has 1 aromatic heterocycles. The van der Waals surface area contributed by atoms with Gasteiger partial charge in [-0.15, -0.1) is 0 Å². The molecule has 2 aromatic rings. The van der Waals surface area contributed by atoms with Crippen LogP contribution in [-0.4, -0.2) is 25.1 Å². The maximum Gasteiger partial charge on any atom is 0.373 e. The standard InChI is InChI=1S/C16H15NO7/c1-21-15-9-11(7-8-17(19)20)3-5-13(15)23-10-12-4-6-14(24-12)16(18)22-2/h3-9H,10H2,1-2H3/b8-7+. The van der Waals surface area contributed by atoms with Gasteiger partial charge in [-0.2, -0.15) is 0 Å². The molecule has 0 atom stereocenters. The molecule has 0 aliphatic heterocycles. The maximum atomic E-state index is 11.3. The number of ether oxygens (including phenoxy) is 3. The minimum Gasteiger partial charge on any atom is -0.493 e. The van der Waals surface area contributed by atoms with Gasteiger partial charge in [0.2, 0.25) is 12.0 Å². The van der Waals surface area contributed by atoms with Gasteiger partial charge >= 0.3 is 5.97 Å². The number of rotatable bonds is 7. The van der Waals surface area contributed by atoms with Gasteiger partial charge in [0, 0.05) is 6.08 Å². The van der Waals surface area contributed by atoms with Crippen LogP contribution in [-0.2, 0) is 11.3 Å². The third-order valence-electron chi connectivity index (χ3n) is 2.99. The fourth-order valence-corrected chi connectivity index (χ4v) is 1.87. The minimum atomic E-state index is -0.569.